The number of halogens is 5. The molecule has 93 heavy (non-hydrogen) atoms. The van der Waals surface area contributed by atoms with Gasteiger partial charge in [-0.3, -0.25) is 19.2 Å². The number of aliphatic hydroxyl groups is 1. The Morgan fingerprint density at radius 3 is 1.35 bits per heavy atom. The number of carboxylic acid groups (broad SMARTS) is 1. The number of carbonyl (C=O) groups is 4. The fourth-order valence-corrected chi connectivity index (χ4v) is 13.5. The molecule has 0 bridgehead atoms. The number of carbonyl (C=O) groups excluding carboxylic acids is 3. The minimum Gasteiger partial charge on any atom is -0.481 e. The second-order valence-corrected chi connectivity index (χ2v) is 27.1. The second kappa shape index (κ2) is 44.7. The Labute approximate surface area is 595 Å². The number of amides is 3. The van der Waals surface area contributed by atoms with Crippen molar-refractivity contribution in [2.75, 3.05) is 109 Å². The van der Waals surface area contributed by atoms with Crippen LogP contribution in [0.3, 0.4) is 0 Å². The summed E-state index contributed by atoms with van der Waals surface area (Å²) in [5.74, 6) is -0.504. The Balaban J connectivity index is 0.000000201. The van der Waals surface area contributed by atoms with Gasteiger partial charge in [-0.15, -0.1) is 0 Å². The predicted molar refractivity (Wildman–Crippen MR) is 388 cm³/mol. The summed E-state index contributed by atoms with van der Waals surface area (Å²) in [4.78, 5) is 50.0. The number of anilines is 1. The third kappa shape index (κ3) is 29.3. The number of piperidine rings is 2. The molecule has 5 aromatic rings. The minimum atomic E-state index is -0.808. The molecule has 8 heterocycles. The van der Waals surface area contributed by atoms with Crippen LogP contribution in [0.5, 0.6) is 0 Å². The molecule has 2 radical (unpaired) electrons. The molecule has 1 atom stereocenters. The van der Waals surface area contributed by atoms with Crippen molar-refractivity contribution in [1.29, 1.82) is 0 Å². The molecule has 8 fully saturated rings. The Bertz CT molecular complexity index is 2920. The molecule has 8 saturated heterocycles. The van der Waals surface area contributed by atoms with E-state index in [2.05, 4.69) is 144 Å². The SMILES string of the molecule is BrCCc1ccccc1Br.C.C1CC2(CCN1)OCCO2.O=C(O)Cc1ccccc1Br.O=C1CCCN1.O=C1CCCN1CCc1ccccc1Br.O=C1CCCN1CCc1ccccc1N1CCC2(CC1)OCCO2.OCCc1ccccc1Br.[B]C1CCCO1. The highest BCUT2D eigenvalue weighted by atomic mass is 79.9. The van der Waals surface area contributed by atoms with E-state index in [1.54, 1.807) is 6.07 Å². The number of hydrogen-bond donors (Lipinski definition) is 4. The number of alkyl halides is 1. The van der Waals surface area contributed by atoms with Crippen molar-refractivity contribution in [2.45, 2.75) is 134 Å². The number of benzene rings is 5. The van der Waals surface area contributed by atoms with Crippen LogP contribution >= 0.6 is 79.6 Å². The maximum absolute atomic E-state index is 11.8. The van der Waals surface area contributed by atoms with Gasteiger partial charge in [0.05, 0.1) is 32.8 Å². The van der Waals surface area contributed by atoms with Crippen molar-refractivity contribution < 1.29 is 53.1 Å². The number of carboxylic acids is 1. The van der Waals surface area contributed by atoms with Crippen LogP contribution in [0.1, 0.15) is 112 Å². The van der Waals surface area contributed by atoms with Gasteiger partial charge in [-0.2, -0.15) is 0 Å². The summed E-state index contributed by atoms with van der Waals surface area (Å²) >= 11 is 17.0. The highest BCUT2D eigenvalue weighted by molar-refractivity contribution is 9.11. The van der Waals surface area contributed by atoms with Crippen molar-refractivity contribution in [2.24, 2.45) is 0 Å². The van der Waals surface area contributed by atoms with E-state index in [0.29, 0.717) is 11.8 Å². The third-order valence-electron chi connectivity index (χ3n) is 16.3. The summed E-state index contributed by atoms with van der Waals surface area (Å²) < 4.78 is 31.9. The number of hydrogen-bond acceptors (Lipinski definition) is 12. The minimum absolute atomic E-state index is 0. The lowest BCUT2D eigenvalue weighted by atomic mass is 9.98. The van der Waals surface area contributed by atoms with Gasteiger partial charge in [-0.1, -0.05) is 178 Å². The molecule has 13 rings (SSSR count). The predicted octanol–water partition coefficient (Wildman–Crippen LogP) is 13.2. The molecule has 508 valence electrons. The third-order valence-corrected chi connectivity index (χ3v) is 19.8. The van der Waals surface area contributed by atoms with E-state index in [1.165, 1.54) is 26.9 Å². The molecule has 8 aliphatic heterocycles. The van der Waals surface area contributed by atoms with Gasteiger partial charge in [0, 0.05) is 152 Å². The van der Waals surface area contributed by atoms with Crippen molar-refractivity contribution in [1.82, 2.24) is 20.4 Å². The number of likely N-dealkylation sites (tertiary alicyclic amines) is 2. The first-order valence-electron chi connectivity index (χ1n) is 32.2. The summed E-state index contributed by atoms with van der Waals surface area (Å²) in [6.45, 7) is 12.5. The van der Waals surface area contributed by atoms with E-state index in [4.69, 9.17) is 41.7 Å². The van der Waals surface area contributed by atoms with E-state index in [-0.39, 0.29) is 43.9 Å². The van der Waals surface area contributed by atoms with Gasteiger partial charge in [0.2, 0.25) is 17.7 Å². The lowest BCUT2D eigenvalue weighted by Gasteiger charge is -2.39. The van der Waals surface area contributed by atoms with Gasteiger partial charge >= 0.3 is 5.97 Å². The van der Waals surface area contributed by atoms with Crippen LogP contribution in [0.15, 0.2) is 139 Å². The zero-order chi connectivity index (χ0) is 65.8. The van der Waals surface area contributed by atoms with Crippen LogP contribution in [-0.4, -0.2) is 173 Å². The summed E-state index contributed by atoms with van der Waals surface area (Å²) in [5.41, 5.74) is 7.24. The van der Waals surface area contributed by atoms with Gasteiger partial charge in [0.15, 0.2) is 11.6 Å². The Hall–Kier alpha value is -4.04. The molecule has 0 aliphatic carbocycles. The van der Waals surface area contributed by atoms with Gasteiger partial charge in [-0.05, 0) is 116 Å². The fraction of sp³-hybridized carbons (Fsp3) is 0.521. The number of aliphatic carboxylic acids is 1. The molecule has 16 nitrogen and oxygen atoms in total. The van der Waals surface area contributed by atoms with E-state index >= 15 is 0 Å². The van der Waals surface area contributed by atoms with E-state index < -0.39 is 5.97 Å². The summed E-state index contributed by atoms with van der Waals surface area (Å²) in [5, 5.41) is 24.1. The Morgan fingerprint density at radius 1 is 0.538 bits per heavy atom. The highest BCUT2D eigenvalue weighted by Gasteiger charge is 2.40. The Kier molecular flexibility index (Phi) is 38.3. The molecular formula is C71H95BBr5N5O11. The van der Waals surface area contributed by atoms with Crippen LogP contribution in [0.4, 0.5) is 5.69 Å². The molecule has 2 spiro atoms. The summed E-state index contributed by atoms with van der Waals surface area (Å²) in [7, 11) is 5.31. The molecule has 22 heteroatoms. The monoisotopic (exact) mass is 1600 g/mol. The number of ether oxygens (including phenoxy) is 5. The average Bonchev–Trinajstić information content (AvgIpc) is 1.85. The van der Waals surface area contributed by atoms with Crippen molar-refractivity contribution in [3.63, 3.8) is 0 Å². The van der Waals surface area contributed by atoms with Crippen LogP contribution in [0.25, 0.3) is 0 Å². The number of nitrogens with zero attached hydrogens (tertiary/aromatic N) is 3. The second-order valence-electron chi connectivity index (χ2n) is 22.9. The van der Waals surface area contributed by atoms with Crippen molar-refractivity contribution in [3.05, 3.63) is 167 Å². The molecule has 0 saturated carbocycles. The van der Waals surface area contributed by atoms with Crippen LogP contribution in [0.2, 0.25) is 0 Å². The molecule has 0 aromatic heterocycles. The van der Waals surface area contributed by atoms with E-state index in [1.807, 2.05) is 76.5 Å². The smallest absolute Gasteiger partial charge is 0.307 e. The van der Waals surface area contributed by atoms with Crippen molar-refractivity contribution >= 4 is 117 Å². The first-order chi connectivity index (χ1) is 44.6. The van der Waals surface area contributed by atoms with Crippen molar-refractivity contribution in [3.8, 4) is 0 Å². The van der Waals surface area contributed by atoms with Gasteiger partial charge in [-0.25, -0.2) is 0 Å². The zero-order valence-electron chi connectivity index (χ0n) is 52.8. The zero-order valence-corrected chi connectivity index (χ0v) is 60.8. The fourth-order valence-electron chi connectivity index (χ4n) is 11.2. The number of nitrogens with one attached hydrogen (secondary N) is 2. The lowest BCUT2D eigenvalue weighted by Crippen LogP contribution is -2.45. The summed E-state index contributed by atoms with van der Waals surface area (Å²) in [6.07, 6.45) is 15.0. The largest absolute Gasteiger partial charge is 0.481 e. The Morgan fingerprint density at radius 2 is 0.978 bits per heavy atom. The maximum Gasteiger partial charge on any atom is 0.307 e. The molecule has 1 unspecified atom stereocenters. The normalized spacial score (nSPS) is 18.8. The molecule has 8 aliphatic rings. The van der Waals surface area contributed by atoms with E-state index in [9.17, 15) is 19.2 Å². The quantitative estimate of drug-likeness (QED) is 0.0644. The van der Waals surface area contributed by atoms with E-state index in [0.717, 1.165) is 225 Å². The van der Waals surface area contributed by atoms with Gasteiger partial charge in [0.25, 0.3) is 0 Å². The molecular weight excluding hydrogens is 1510 g/mol. The number of aryl methyl sites for hydroxylation is 1. The van der Waals surface area contributed by atoms with Crippen LogP contribution < -0.4 is 15.5 Å². The van der Waals surface area contributed by atoms with Gasteiger partial charge in [0.1, 0.15) is 7.85 Å². The average molecular weight is 1600 g/mol. The first-order valence-corrected chi connectivity index (χ1v) is 36.5. The molecule has 4 N–H and O–H groups in total. The number of rotatable bonds is 13. The lowest BCUT2D eigenvalue weighted by molar-refractivity contribution is -0.172. The van der Waals surface area contributed by atoms with Gasteiger partial charge < -0.3 is 59.2 Å². The number of aliphatic hydroxyl groups excluding tert-OH is 1. The highest BCUT2D eigenvalue weighted by Crippen LogP contribution is 2.35. The maximum atomic E-state index is 11.8. The number of para-hydroxylation sites is 1. The van der Waals surface area contributed by atoms with Crippen LogP contribution in [-0.2, 0) is 75.0 Å². The first kappa shape index (κ1) is 79.7. The molecule has 5 aromatic carbocycles. The standard InChI is InChI=1S/C19H26N2O3.C12H14BrNO.C8H8Br2.C8H7BrO2.C8H9BrO.C7H13NO2.C4H7BO.C4H7NO.CH4/c22-18-6-3-10-21(18)11-7-16-4-1-2-5-17(16)20-12-8-19(9-13-20)23-14-15-24-19;13-11-5-2-1-4-10(11)7-9-14-8-3-6-12(14)15;9-6-5-7-3-1-2-4-8(7)10;9-7-4-2-1-3-6(7)5-8(10)11;9-8-4-2-1-3-7(8)5-6-10;1-3-8-4-2-7(1)9-5-6-10-7;5-4-2-1-3-6-4;6-4-2-1-3-5-4;/h1-2,4-5H,3,6-15H2;1-2,4-5H,3,6-9H2;1-4H,5-6H2;1-4H,5H2,(H,10,11);1-4,10H,5-6H2;8H,1-6H2;4H,1-3H2;1-3H2,(H,5,6);1H4. The summed E-state index contributed by atoms with van der Waals surface area (Å²) in [6, 6.07) is 40.3. The van der Waals surface area contributed by atoms with Crippen LogP contribution in [0, 0.1) is 0 Å². The topological polar surface area (TPSA) is 189 Å². The molecule has 3 amide bonds.